The predicted molar refractivity (Wildman–Crippen MR) is 87.2 cm³/mol. The van der Waals surface area contributed by atoms with Gasteiger partial charge in [0.05, 0.1) is 12.7 Å². The van der Waals surface area contributed by atoms with Gasteiger partial charge in [-0.1, -0.05) is 0 Å². The van der Waals surface area contributed by atoms with E-state index < -0.39 is 86.3 Å². The van der Waals surface area contributed by atoms with E-state index in [0.29, 0.717) is 0 Å². The van der Waals surface area contributed by atoms with Gasteiger partial charge in [-0.2, -0.15) is 0 Å². The fraction of sp³-hybridized carbons (Fsp3) is 0.857. The van der Waals surface area contributed by atoms with E-state index in [4.69, 9.17) is 26.4 Å². The minimum Gasteiger partial charge on any atom is -0.480 e. The number of rotatable bonds is 10. The molecule has 13 heteroatoms. The van der Waals surface area contributed by atoms with Gasteiger partial charge in [0.15, 0.2) is 0 Å². The zero-order valence-electron chi connectivity index (χ0n) is 14.3. The Bertz CT molecular complexity index is 508. The van der Waals surface area contributed by atoms with Crippen LogP contribution in [0, 0.1) is 0 Å². The van der Waals surface area contributed by atoms with Crippen molar-refractivity contribution in [1.29, 1.82) is 0 Å². The van der Waals surface area contributed by atoms with Crippen molar-refractivity contribution >= 4 is 11.9 Å². The van der Waals surface area contributed by atoms with Crippen LogP contribution >= 0.6 is 0 Å². The van der Waals surface area contributed by atoms with Crippen molar-refractivity contribution in [3.8, 4) is 0 Å². The van der Waals surface area contributed by atoms with Gasteiger partial charge < -0.3 is 51.9 Å². The largest absolute Gasteiger partial charge is 0.480 e. The van der Waals surface area contributed by atoms with Crippen molar-refractivity contribution in [2.24, 2.45) is 11.5 Å². The molecule has 158 valence electrons. The number of aliphatic hydroxyl groups is 5. The summed E-state index contributed by atoms with van der Waals surface area (Å²) in [5, 5.41) is 68.9. The molecule has 13 nitrogen and oxygen atoms in total. The number of aliphatic hydroxyl groups excluding tert-OH is 5. The molecule has 0 amide bonds. The third kappa shape index (κ3) is 6.31. The van der Waals surface area contributed by atoms with Crippen molar-refractivity contribution in [1.82, 2.24) is 5.32 Å². The number of hydrogen-bond donors (Lipinski definition) is 10. The van der Waals surface area contributed by atoms with Crippen molar-refractivity contribution in [2.45, 2.75) is 67.7 Å². The molecule has 1 fully saturated rings. The predicted octanol–water partition coefficient (Wildman–Crippen LogP) is -5.29. The molecule has 1 rings (SSSR count). The molecule has 1 saturated heterocycles. The van der Waals surface area contributed by atoms with E-state index in [1.54, 1.807) is 0 Å². The van der Waals surface area contributed by atoms with Crippen LogP contribution in [0.25, 0.3) is 0 Å². The Morgan fingerprint density at radius 2 is 1.59 bits per heavy atom. The number of carboxylic acids is 2. The maximum absolute atomic E-state index is 11.4. The molecular formula is C14H27N3O10. The molecule has 27 heavy (non-hydrogen) atoms. The molecule has 1 heterocycles. The standard InChI is InChI=1S/C14H27N3O10/c15-4(7(19)2-5(16)13(23)24)1-6(14(25)26)17-12-11(22)10(21)9(20)8(3-18)27-12/h4-12,17-22H,1-3,15-16H2,(H,23,24)(H,25,26)/t4?,5?,6?,7?,8-,9-,10+,11-,12-/m1/s1. The van der Waals surface area contributed by atoms with Gasteiger partial charge in [-0.05, 0) is 6.42 Å². The lowest BCUT2D eigenvalue weighted by Gasteiger charge is -2.41. The summed E-state index contributed by atoms with van der Waals surface area (Å²) in [4.78, 5) is 22.2. The molecular weight excluding hydrogens is 370 g/mol. The first-order chi connectivity index (χ1) is 12.5. The maximum Gasteiger partial charge on any atom is 0.320 e. The number of carboxylic acid groups (broad SMARTS) is 2. The summed E-state index contributed by atoms with van der Waals surface area (Å²) in [7, 11) is 0. The lowest BCUT2D eigenvalue weighted by molar-refractivity contribution is -0.238. The van der Waals surface area contributed by atoms with Gasteiger partial charge in [0.25, 0.3) is 0 Å². The van der Waals surface area contributed by atoms with E-state index in [0.717, 1.165) is 0 Å². The summed E-state index contributed by atoms with van der Waals surface area (Å²) in [5.74, 6) is -2.77. The van der Waals surface area contributed by atoms with Crippen LogP contribution in [0.1, 0.15) is 12.8 Å². The molecule has 9 atom stereocenters. The third-order valence-corrected chi connectivity index (χ3v) is 4.37. The van der Waals surface area contributed by atoms with Gasteiger partial charge in [-0.15, -0.1) is 0 Å². The van der Waals surface area contributed by atoms with Gasteiger partial charge in [-0.25, -0.2) is 0 Å². The first kappa shape index (κ1) is 23.6. The molecule has 0 spiro atoms. The third-order valence-electron chi connectivity index (χ3n) is 4.37. The van der Waals surface area contributed by atoms with Crippen LogP contribution < -0.4 is 16.8 Å². The molecule has 0 aromatic heterocycles. The average molecular weight is 397 g/mol. The zero-order valence-corrected chi connectivity index (χ0v) is 14.3. The Balaban J connectivity index is 2.75. The molecule has 0 radical (unpaired) electrons. The van der Waals surface area contributed by atoms with E-state index >= 15 is 0 Å². The molecule has 0 aliphatic carbocycles. The molecule has 0 bridgehead atoms. The summed E-state index contributed by atoms with van der Waals surface area (Å²) in [6.07, 6.45) is -9.89. The van der Waals surface area contributed by atoms with Crippen LogP contribution in [0.2, 0.25) is 0 Å². The molecule has 0 aromatic rings. The summed E-state index contributed by atoms with van der Waals surface area (Å²) in [6, 6.07) is -4.02. The maximum atomic E-state index is 11.4. The quantitative estimate of drug-likeness (QED) is 0.165. The van der Waals surface area contributed by atoms with Gasteiger partial charge in [-0.3, -0.25) is 14.9 Å². The number of aliphatic carboxylic acids is 2. The lowest BCUT2D eigenvalue weighted by atomic mass is 9.95. The van der Waals surface area contributed by atoms with Crippen molar-refractivity contribution < 1.29 is 50.1 Å². The number of ether oxygens (including phenoxy) is 1. The zero-order chi connectivity index (χ0) is 20.9. The van der Waals surface area contributed by atoms with Gasteiger partial charge in [0, 0.05) is 12.5 Å². The second-order valence-electron chi connectivity index (χ2n) is 6.45. The highest BCUT2D eigenvalue weighted by Gasteiger charge is 2.44. The van der Waals surface area contributed by atoms with Crippen LogP contribution in [0.4, 0.5) is 0 Å². The van der Waals surface area contributed by atoms with Crippen LogP contribution in [0.5, 0.6) is 0 Å². The molecule has 0 saturated carbocycles. The SMILES string of the molecule is NC(CC(O)C(N)CC(N[C@@H]1O[C@H](CO)[C@@H](O)[C@H](O)[C@H]1O)C(=O)O)C(=O)O. The Hall–Kier alpha value is -1.42. The van der Waals surface area contributed by atoms with E-state index in [9.17, 15) is 35.1 Å². The molecule has 12 N–H and O–H groups in total. The average Bonchev–Trinajstić information content (AvgIpc) is 2.60. The van der Waals surface area contributed by atoms with Crippen LogP contribution in [-0.2, 0) is 14.3 Å². The van der Waals surface area contributed by atoms with E-state index in [1.165, 1.54) is 0 Å². The molecule has 0 aromatic carbocycles. The summed E-state index contributed by atoms with van der Waals surface area (Å²) >= 11 is 0. The monoisotopic (exact) mass is 397 g/mol. The van der Waals surface area contributed by atoms with Crippen LogP contribution in [0.15, 0.2) is 0 Å². The first-order valence-electron chi connectivity index (χ1n) is 8.21. The Morgan fingerprint density at radius 1 is 1.00 bits per heavy atom. The van der Waals surface area contributed by atoms with Crippen molar-refractivity contribution in [3.05, 3.63) is 0 Å². The fourth-order valence-electron chi connectivity index (χ4n) is 2.64. The van der Waals surface area contributed by atoms with Gasteiger partial charge in [0.1, 0.15) is 42.7 Å². The van der Waals surface area contributed by atoms with E-state index in [-0.39, 0.29) is 0 Å². The smallest absolute Gasteiger partial charge is 0.320 e. The van der Waals surface area contributed by atoms with E-state index in [2.05, 4.69) is 5.32 Å². The summed E-state index contributed by atoms with van der Waals surface area (Å²) < 4.78 is 5.16. The van der Waals surface area contributed by atoms with E-state index in [1.807, 2.05) is 0 Å². The highest BCUT2D eigenvalue weighted by atomic mass is 16.6. The Kier molecular flexibility index (Phi) is 8.93. The lowest BCUT2D eigenvalue weighted by Crippen LogP contribution is -2.64. The second kappa shape index (κ2) is 10.2. The highest BCUT2D eigenvalue weighted by Crippen LogP contribution is 2.20. The normalized spacial score (nSPS) is 33.1. The number of carbonyl (C=O) groups is 2. The van der Waals surface area contributed by atoms with Crippen molar-refractivity contribution in [2.75, 3.05) is 6.61 Å². The number of hydrogen-bond acceptors (Lipinski definition) is 11. The first-order valence-corrected chi connectivity index (χ1v) is 8.21. The Morgan fingerprint density at radius 3 is 2.07 bits per heavy atom. The molecule has 1 aliphatic rings. The second-order valence-corrected chi connectivity index (χ2v) is 6.45. The van der Waals surface area contributed by atoms with Crippen LogP contribution in [-0.4, -0.2) is 109 Å². The molecule has 4 unspecified atom stereocenters. The van der Waals surface area contributed by atoms with Crippen molar-refractivity contribution in [3.63, 3.8) is 0 Å². The topological polar surface area (TPSA) is 249 Å². The number of nitrogens with two attached hydrogens (primary N) is 2. The number of nitrogens with one attached hydrogen (secondary N) is 1. The highest BCUT2D eigenvalue weighted by molar-refractivity contribution is 5.74. The fourth-order valence-corrected chi connectivity index (χ4v) is 2.64. The Labute approximate surface area is 154 Å². The van der Waals surface area contributed by atoms with Crippen LogP contribution in [0.3, 0.4) is 0 Å². The van der Waals surface area contributed by atoms with Gasteiger partial charge in [0.2, 0.25) is 0 Å². The van der Waals surface area contributed by atoms with Gasteiger partial charge >= 0.3 is 11.9 Å². The summed E-state index contributed by atoms with van der Waals surface area (Å²) in [6.45, 7) is -0.688. The minimum atomic E-state index is -1.70. The summed E-state index contributed by atoms with van der Waals surface area (Å²) in [5.41, 5.74) is 11.0. The molecule has 1 aliphatic heterocycles. The minimum absolute atomic E-state index is 0.391.